The van der Waals surface area contributed by atoms with Crippen LogP contribution in [0.4, 0.5) is 0 Å². The van der Waals surface area contributed by atoms with E-state index in [9.17, 15) is 14.5 Å². The van der Waals surface area contributed by atoms with Gasteiger partial charge in [0.15, 0.2) is 6.35 Å². The van der Waals surface area contributed by atoms with Crippen molar-refractivity contribution in [3.63, 3.8) is 0 Å². The zero-order valence-electron chi connectivity index (χ0n) is 26.0. The summed E-state index contributed by atoms with van der Waals surface area (Å²) in [5, 5.41) is 13.1. The van der Waals surface area contributed by atoms with E-state index in [4.69, 9.17) is 14.0 Å². The molecule has 0 fully saturated rings. The summed E-state index contributed by atoms with van der Waals surface area (Å²) in [5.74, 6) is 1.31. The van der Waals surface area contributed by atoms with E-state index in [2.05, 4.69) is 38.8 Å². The van der Waals surface area contributed by atoms with Gasteiger partial charge in [0.2, 0.25) is 0 Å². The molecule has 0 aliphatic carbocycles. The van der Waals surface area contributed by atoms with Gasteiger partial charge in [0.1, 0.15) is 23.3 Å². The Kier molecular flexibility index (Phi) is 12.1. The fourth-order valence-electron chi connectivity index (χ4n) is 4.79. The molecule has 7 nitrogen and oxygen atoms in total. The monoisotopic (exact) mass is 595 g/mol. The molecule has 0 saturated heterocycles. The van der Waals surface area contributed by atoms with E-state index in [1.54, 1.807) is 37.3 Å². The summed E-state index contributed by atoms with van der Waals surface area (Å²) in [6, 6.07) is 17.6. The number of rotatable bonds is 15. The highest BCUT2D eigenvalue weighted by molar-refractivity contribution is 7.57. The van der Waals surface area contributed by atoms with E-state index in [0.717, 1.165) is 35.1 Å². The van der Waals surface area contributed by atoms with Gasteiger partial charge in [-0.25, -0.2) is 5.09 Å². The number of hydrogen-bond acceptors (Lipinski definition) is 6. The van der Waals surface area contributed by atoms with Crippen LogP contribution in [0.25, 0.3) is 0 Å². The summed E-state index contributed by atoms with van der Waals surface area (Å²) >= 11 is 0. The van der Waals surface area contributed by atoms with Gasteiger partial charge in [-0.1, -0.05) is 70.9 Å². The van der Waals surface area contributed by atoms with E-state index in [1.165, 1.54) is 5.56 Å². The first-order chi connectivity index (χ1) is 19.9. The Balaban J connectivity index is 1.76. The highest BCUT2D eigenvalue weighted by atomic mass is 31.2. The molecule has 2 N–H and O–H groups in total. The number of phenols is 1. The van der Waals surface area contributed by atoms with Crippen molar-refractivity contribution in [2.45, 2.75) is 79.7 Å². The lowest BCUT2D eigenvalue weighted by Gasteiger charge is -2.24. The molecule has 0 aromatic heterocycles. The van der Waals surface area contributed by atoms with Gasteiger partial charge in [-0.05, 0) is 97.2 Å². The maximum absolute atomic E-state index is 14.0. The predicted octanol–water partition coefficient (Wildman–Crippen LogP) is 8.29. The molecule has 0 spiro atoms. The van der Waals surface area contributed by atoms with Gasteiger partial charge in [0.25, 0.3) is 0 Å². The molecule has 3 rings (SSSR count). The fourth-order valence-corrected chi connectivity index (χ4v) is 6.45. The minimum Gasteiger partial charge on any atom is -0.508 e. The second kappa shape index (κ2) is 15.3. The number of aryl methyl sites for hydroxylation is 2. The van der Waals surface area contributed by atoms with E-state index >= 15 is 0 Å². The zero-order valence-corrected chi connectivity index (χ0v) is 26.9. The molecule has 0 unspecified atom stereocenters. The fraction of sp³-hybridized carbons (Fsp3) is 0.441. The number of esters is 1. The van der Waals surface area contributed by atoms with Crippen LogP contribution in [0.5, 0.6) is 17.2 Å². The molecule has 3 aromatic rings. The van der Waals surface area contributed by atoms with Crippen molar-refractivity contribution in [1.82, 2.24) is 5.09 Å². The summed E-state index contributed by atoms with van der Waals surface area (Å²) in [6.07, 6.45) is 2.27. The second-order valence-electron chi connectivity index (χ2n) is 11.3. The number of nitrogens with one attached hydrogen (secondary N) is 1. The molecule has 3 aromatic carbocycles. The predicted molar refractivity (Wildman–Crippen MR) is 169 cm³/mol. The first-order valence-electron chi connectivity index (χ1n) is 14.8. The third kappa shape index (κ3) is 9.37. The molecular weight excluding hydrogens is 549 g/mol. The molecule has 0 radical (unpaired) electrons. The Morgan fingerprint density at radius 1 is 0.929 bits per heavy atom. The van der Waals surface area contributed by atoms with E-state index < -0.39 is 19.5 Å². The molecule has 228 valence electrons. The minimum atomic E-state index is -3.69. The van der Waals surface area contributed by atoms with Gasteiger partial charge in [-0.15, -0.1) is 0 Å². The topological polar surface area (TPSA) is 94.1 Å². The van der Waals surface area contributed by atoms with Crippen molar-refractivity contribution >= 4 is 13.5 Å². The van der Waals surface area contributed by atoms with E-state index in [-0.39, 0.29) is 18.2 Å². The first kappa shape index (κ1) is 33.2. The molecule has 0 heterocycles. The lowest BCUT2D eigenvalue weighted by atomic mass is 9.93. The Hall–Kier alpha value is -3.28. The Morgan fingerprint density at radius 3 is 2.17 bits per heavy atom. The van der Waals surface area contributed by atoms with Gasteiger partial charge >= 0.3 is 13.5 Å². The van der Waals surface area contributed by atoms with Crippen LogP contribution >= 0.6 is 7.52 Å². The number of phenolic OH excluding ortho intramolecular Hbond substituents is 1. The quantitative estimate of drug-likeness (QED) is 0.135. The van der Waals surface area contributed by atoms with Crippen molar-refractivity contribution in [3.05, 3.63) is 88.5 Å². The highest BCUT2D eigenvalue weighted by Crippen LogP contribution is 2.44. The van der Waals surface area contributed by atoms with Crippen LogP contribution in [-0.4, -0.2) is 30.1 Å². The highest BCUT2D eigenvalue weighted by Gasteiger charge is 2.32. The largest absolute Gasteiger partial charge is 0.508 e. The summed E-state index contributed by atoms with van der Waals surface area (Å²) in [6.45, 7) is 14.2. The molecule has 8 heteroatoms. The average molecular weight is 596 g/mol. The van der Waals surface area contributed by atoms with Crippen LogP contribution in [-0.2, 0) is 20.5 Å². The summed E-state index contributed by atoms with van der Waals surface area (Å²) < 4.78 is 31.5. The number of carbonyl (C=O) groups excluding carboxylic acids is 1. The van der Waals surface area contributed by atoms with Crippen molar-refractivity contribution in [2.75, 3.05) is 13.0 Å². The van der Waals surface area contributed by atoms with Crippen molar-refractivity contribution in [1.29, 1.82) is 0 Å². The molecule has 0 bridgehead atoms. The lowest BCUT2D eigenvalue weighted by molar-refractivity contribution is -0.146. The van der Waals surface area contributed by atoms with Crippen LogP contribution in [0.2, 0.25) is 0 Å². The normalized spacial score (nSPS) is 13.5. The van der Waals surface area contributed by atoms with Crippen molar-refractivity contribution in [2.24, 2.45) is 5.92 Å². The summed E-state index contributed by atoms with van der Waals surface area (Å²) in [7, 11) is -3.69. The number of para-hydroxylation sites is 1. The second-order valence-corrected chi connectivity index (χ2v) is 13.3. The maximum Gasteiger partial charge on any atom is 0.354 e. The first-order valence-corrected chi connectivity index (χ1v) is 16.6. The minimum absolute atomic E-state index is 0.222. The van der Waals surface area contributed by atoms with E-state index in [0.29, 0.717) is 30.3 Å². The Bertz CT molecular complexity index is 1350. The Labute approximate surface area is 251 Å². The van der Waals surface area contributed by atoms with Crippen LogP contribution in [0.3, 0.4) is 0 Å². The number of aromatic hydroxyl groups is 1. The molecule has 0 amide bonds. The molecule has 0 aliphatic rings. The van der Waals surface area contributed by atoms with Gasteiger partial charge in [0.05, 0.1) is 6.61 Å². The van der Waals surface area contributed by atoms with Gasteiger partial charge in [0, 0.05) is 0 Å². The van der Waals surface area contributed by atoms with Crippen LogP contribution in [0.15, 0.2) is 60.7 Å². The third-order valence-corrected chi connectivity index (χ3v) is 9.28. The Morgan fingerprint density at radius 2 is 1.57 bits per heavy atom. The van der Waals surface area contributed by atoms with Crippen molar-refractivity contribution < 1.29 is 28.5 Å². The van der Waals surface area contributed by atoms with Crippen LogP contribution < -0.4 is 14.3 Å². The SMILES string of the molecule is CCC(CC)COC(=O)[C@H](C)N[P@](=O)(COc1cc(C)c(Cc2ccc(O)c(C(C)C)c2)c(C)c1)Oc1ccccc1. The summed E-state index contributed by atoms with van der Waals surface area (Å²) in [4.78, 5) is 12.7. The molecule has 42 heavy (non-hydrogen) atoms. The van der Waals surface area contributed by atoms with Crippen molar-refractivity contribution in [3.8, 4) is 17.2 Å². The lowest BCUT2D eigenvalue weighted by Crippen LogP contribution is -2.36. The average Bonchev–Trinajstić information content (AvgIpc) is 2.95. The summed E-state index contributed by atoms with van der Waals surface area (Å²) in [5.41, 5.74) is 5.28. The molecule has 0 aliphatic heterocycles. The molecule has 0 saturated carbocycles. The van der Waals surface area contributed by atoms with Gasteiger partial charge < -0.3 is 19.1 Å². The third-order valence-electron chi connectivity index (χ3n) is 7.52. The van der Waals surface area contributed by atoms with Crippen LogP contribution in [0, 0.1) is 19.8 Å². The number of carbonyl (C=O) groups is 1. The molecular formula is C34H46NO6P. The van der Waals surface area contributed by atoms with Gasteiger partial charge in [-0.2, -0.15) is 0 Å². The molecule has 2 atom stereocenters. The van der Waals surface area contributed by atoms with Crippen LogP contribution in [0.1, 0.15) is 81.2 Å². The number of ether oxygens (including phenoxy) is 2. The smallest absolute Gasteiger partial charge is 0.354 e. The van der Waals surface area contributed by atoms with E-state index in [1.807, 2.05) is 38.1 Å². The zero-order chi connectivity index (χ0) is 30.9. The van der Waals surface area contributed by atoms with Gasteiger partial charge in [-0.3, -0.25) is 9.36 Å². The standard InChI is InChI=1S/C34H46NO6P/c1-8-27(9-2)21-39-34(37)26(7)35-42(38,41-29-13-11-10-12-14-29)22-40-30-17-24(5)32(25(6)18-30)20-28-15-16-33(36)31(19-28)23(3)4/h10-19,23,26-27,36H,8-9,20-22H2,1-7H3,(H,35,38)/t26-,42-/m0/s1. The number of hydrogen-bond donors (Lipinski definition) is 2. The maximum atomic E-state index is 14.0. The number of benzene rings is 3.